The normalized spacial score (nSPS) is 10.4. The summed E-state index contributed by atoms with van der Waals surface area (Å²) in [6.45, 7) is 0. The topological polar surface area (TPSA) is 89.7 Å². The summed E-state index contributed by atoms with van der Waals surface area (Å²) in [4.78, 5) is 27.8. The number of H-pyrrole nitrogens is 1. The summed E-state index contributed by atoms with van der Waals surface area (Å²) in [6.07, 6.45) is 0. The molecule has 3 rings (SSSR count). The van der Waals surface area contributed by atoms with Gasteiger partial charge in [-0.25, -0.2) is 4.79 Å². The van der Waals surface area contributed by atoms with E-state index in [1.54, 1.807) is 42.5 Å². The van der Waals surface area contributed by atoms with E-state index in [9.17, 15) is 9.59 Å². The van der Waals surface area contributed by atoms with Crippen LogP contribution in [0.4, 0.5) is 5.69 Å². The van der Waals surface area contributed by atoms with Gasteiger partial charge in [-0.05, 0) is 30.3 Å². The Bertz CT molecular complexity index is 977. The van der Waals surface area contributed by atoms with E-state index in [0.717, 1.165) is 0 Å². The fourth-order valence-corrected chi connectivity index (χ4v) is 2.72. The van der Waals surface area contributed by atoms with Crippen molar-refractivity contribution in [3.8, 4) is 11.5 Å². The van der Waals surface area contributed by atoms with Gasteiger partial charge in [-0.1, -0.05) is 12.1 Å². The highest BCUT2D eigenvalue weighted by atomic mass is 16.5. The first kappa shape index (κ1) is 17.3. The smallest absolute Gasteiger partial charge is 0.356 e. The maximum atomic E-state index is 12.7. The van der Waals surface area contributed by atoms with Crippen LogP contribution in [0.3, 0.4) is 0 Å². The molecule has 0 bridgehead atoms. The van der Waals surface area contributed by atoms with Gasteiger partial charge in [0.05, 0.1) is 37.9 Å². The van der Waals surface area contributed by atoms with E-state index in [4.69, 9.17) is 14.2 Å². The second-order valence-corrected chi connectivity index (χ2v) is 5.44. The second kappa shape index (κ2) is 7.18. The Morgan fingerprint density at radius 2 is 1.77 bits per heavy atom. The number of hydrogen-bond acceptors (Lipinski definition) is 5. The van der Waals surface area contributed by atoms with E-state index in [0.29, 0.717) is 33.7 Å². The lowest BCUT2D eigenvalue weighted by atomic mass is 10.1. The van der Waals surface area contributed by atoms with Crippen molar-refractivity contribution in [3.05, 3.63) is 53.7 Å². The molecule has 0 atom stereocenters. The van der Waals surface area contributed by atoms with Crippen LogP contribution in [-0.2, 0) is 4.74 Å². The van der Waals surface area contributed by atoms with Gasteiger partial charge in [-0.3, -0.25) is 4.79 Å². The number of ether oxygens (including phenoxy) is 3. The predicted molar refractivity (Wildman–Crippen MR) is 97.1 cm³/mol. The highest BCUT2D eigenvalue weighted by Crippen LogP contribution is 2.36. The fourth-order valence-electron chi connectivity index (χ4n) is 2.72. The van der Waals surface area contributed by atoms with E-state index in [1.165, 1.54) is 21.3 Å². The molecule has 0 aliphatic heterocycles. The zero-order valence-corrected chi connectivity index (χ0v) is 14.6. The number of carbonyl (C=O) groups is 2. The van der Waals surface area contributed by atoms with Crippen molar-refractivity contribution in [3.63, 3.8) is 0 Å². The molecule has 7 nitrogen and oxygen atoms in total. The summed E-state index contributed by atoms with van der Waals surface area (Å²) in [5.41, 5.74) is 1.48. The molecule has 0 saturated heterocycles. The van der Waals surface area contributed by atoms with Crippen molar-refractivity contribution in [1.29, 1.82) is 0 Å². The fraction of sp³-hybridized carbons (Fsp3) is 0.158. The minimum atomic E-state index is -0.593. The minimum Gasteiger partial charge on any atom is -0.497 e. The van der Waals surface area contributed by atoms with Crippen molar-refractivity contribution in [1.82, 2.24) is 4.98 Å². The Balaban J connectivity index is 2.10. The van der Waals surface area contributed by atoms with Gasteiger partial charge in [0.2, 0.25) is 0 Å². The van der Waals surface area contributed by atoms with Gasteiger partial charge < -0.3 is 24.5 Å². The molecule has 0 radical (unpaired) electrons. The lowest BCUT2D eigenvalue weighted by molar-refractivity contribution is 0.0596. The van der Waals surface area contributed by atoms with E-state index in [2.05, 4.69) is 10.3 Å². The van der Waals surface area contributed by atoms with Crippen LogP contribution in [-0.4, -0.2) is 38.2 Å². The first-order valence-electron chi connectivity index (χ1n) is 7.81. The molecular weight excluding hydrogens is 336 g/mol. The Kier molecular flexibility index (Phi) is 4.79. The van der Waals surface area contributed by atoms with E-state index < -0.39 is 5.97 Å². The number of methoxy groups -OCH3 is 3. The van der Waals surface area contributed by atoms with Crippen LogP contribution in [0.5, 0.6) is 11.5 Å². The third-order valence-electron chi connectivity index (χ3n) is 3.97. The number of aromatic nitrogens is 1. The van der Waals surface area contributed by atoms with Crippen molar-refractivity contribution < 1.29 is 23.8 Å². The first-order valence-corrected chi connectivity index (χ1v) is 7.81. The molecule has 3 aromatic rings. The SMILES string of the molecule is COC(=O)c1[nH]c2cccc(OC)c2c1NC(=O)c1cccc(OC)c1. The average molecular weight is 354 g/mol. The standard InChI is InChI=1S/C19H18N2O5/c1-24-12-7-4-6-11(10-12)18(22)21-16-15-13(8-5-9-14(15)25-2)20-17(16)19(23)26-3/h4-10,20H,1-3H3,(H,21,22). The van der Waals surface area contributed by atoms with Crippen LogP contribution in [0.2, 0.25) is 0 Å². The summed E-state index contributed by atoms with van der Waals surface area (Å²) < 4.78 is 15.3. The highest BCUT2D eigenvalue weighted by Gasteiger charge is 2.23. The number of benzene rings is 2. The van der Waals surface area contributed by atoms with Gasteiger partial charge in [0.25, 0.3) is 5.91 Å². The summed E-state index contributed by atoms with van der Waals surface area (Å²) >= 11 is 0. The quantitative estimate of drug-likeness (QED) is 0.687. The summed E-state index contributed by atoms with van der Waals surface area (Å²) in [5, 5.41) is 3.37. The van der Waals surface area contributed by atoms with Crippen LogP contribution in [0, 0.1) is 0 Å². The van der Waals surface area contributed by atoms with E-state index in [-0.39, 0.29) is 11.6 Å². The number of nitrogens with one attached hydrogen (secondary N) is 2. The Morgan fingerprint density at radius 3 is 2.46 bits per heavy atom. The van der Waals surface area contributed by atoms with Gasteiger partial charge in [0.1, 0.15) is 17.2 Å². The third kappa shape index (κ3) is 3.06. The molecule has 0 spiro atoms. The van der Waals surface area contributed by atoms with Gasteiger partial charge in [-0.2, -0.15) is 0 Å². The molecule has 2 aromatic carbocycles. The third-order valence-corrected chi connectivity index (χ3v) is 3.97. The van der Waals surface area contributed by atoms with Gasteiger partial charge >= 0.3 is 5.97 Å². The number of carbonyl (C=O) groups excluding carboxylic acids is 2. The van der Waals surface area contributed by atoms with Crippen LogP contribution in [0.15, 0.2) is 42.5 Å². The van der Waals surface area contributed by atoms with Crippen LogP contribution < -0.4 is 14.8 Å². The largest absolute Gasteiger partial charge is 0.497 e. The molecule has 0 aliphatic rings. The first-order chi connectivity index (χ1) is 12.6. The van der Waals surface area contributed by atoms with Gasteiger partial charge in [0, 0.05) is 5.56 Å². The molecule has 1 amide bonds. The van der Waals surface area contributed by atoms with Gasteiger partial charge in [-0.15, -0.1) is 0 Å². The molecule has 134 valence electrons. The molecule has 0 saturated carbocycles. The number of rotatable bonds is 5. The maximum absolute atomic E-state index is 12.7. The molecule has 1 heterocycles. The highest BCUT2D eigenvalue weighted by molar-refractivity contribution is 6.16. The number of hydrogen-bond donors (Lipinski definition) is 2. The number of aromatic amines is 1. The van der Waals surface area contributed by atoms with Crippen molar-refractivity contribution >= 4 is 28.5 Å². The number of fused-ring (bicyclic) bond motifs is 1. The lowest BCUT2D eigenvalue weighted by Crippen LogP contribution is -2.15. The van der Waals surface area contributed by atoms with Crippen molar-refractivity contribution in [2.45, 2.75) is 0 Å². The molecule has 0 unspecified atom stereocenters. The summed E-state index contributed by atoms with van der Waals surface area (Å²) in [7, 11) is 4.32. The Morgan fingerprint density at radius 1 is 1.00 bits per heavy atom. The maximum Gasteiger partial charge on any atom is 0.356 e. The van der Waals surface area contributed by atoms with Crippen molar-refractivity contribution in [2.75, 3.05) is 26.6 Å². The second-order valence-electron chi connectivity index (χ2n) is 5.44. The molecule has 0 fully saturated rings. The summed E-state index contributed by atoms with van der Waals surface area (Å²) in [6, 6.07) is 12.0. The van der Waals surface area contributed by atoms with Gasteiger partial charge in [0.15, 0.2) is 0 Å². The van der Waals surface area contributed by atoms with E-state index in [1.807, 2.05) is 0 Å². The number of anilines is 1. The Hall–Kier alpha value is -3.48. The zero-order valence-electron chi connectivity index (χ0n) is 14.6. The van der Waals surface area contributed by atoms with E-state index >= 15 is 0 Å². The van der Waals surface area contributed by atoms with Crippen LogP contribution in [0.25, 0.3) is 10.9 Å². The Labute approximate surface area is 149 Å². The molecular formula is C19H18N2O5. The van der Waals surface area contributed by atoms with Crippen LogP contribution in [0.1, 0.15) is 20.8 Å². The molecule has 26 heavy (non-hydrogen) atoms. The molecule has 1 aromatic heterocycles. The minimum absolute atomic E-state index is 0.142. The lowest BCUT2D eigenvalue weighted by Gasteiger charge is -2.09. The monoisotopic (exact) mass is 354 g/mol. The summed E-state index contributed by atoms with van der Waals surface area (Å²) in [5.74, 6) is 0.0993. The van der Waals surface area contributed by atoms with Crippen LogP contribution >= 0.6 is 0 Å². The average Bonchev–Trinajstić information content (AvgIpc) is 3.05. The zero-order chi connectivity index (χ0) is 18.7. The van der Waals surface area contributed by atoms with Crippen molar-refractivity contribution in [2.24, 2.45) is 0 Å². The number of esters is 1. The predicted octanol–water partition coefficient (Wildman–Crippen LogP) is 3.22. The molecule has 2 N–H and O–H groups in total. The molecule has 0 aliphatic carbocycles. The number of amides is 1. The molecule has 7 heteroatoms.